The van der Waals surface area contributed by atoms with Gasteiger partial charge in [-0.2, -0.15) is 0 Å². The van der Waals surface area contributed by atoms with E-state index in [0.29, 0.717) is 0 Å². The Hall–Kier alpha value is -0.180. The number of hydrogen-bond acceptors (Lipinski definition) is 2. The van der Waals surface area contributed by atoms with Gasteiger partial charge in [-0.15, -0.1) is 0 Å². The predicted molar refractivity (Wildman–Crippen MR) is 66.0 cm³/mol. The zero-order chi connectivity index (χ0) is 12.1. The molecule has 0 aromatic carbocycles. The molecule has 0 fully saturated rings. The molecule has 0 aromatic rings. The molecule has 0 atom stereocenters. The van der Waals surface area contributed by atoms with E-state index in [4.69, 9.17) is 0 Å². The molecule has 0 heterocycles. The van der Waals surface area contributed by atoms with Crippen LogP contribution in [0.15, 0.2) is 0 Å². The van der Waals surface area contributed by atoms with E-state index in [2.05, 4.69) is 43.6 Å². The van der Waals surface area contributed by atoms with Gasteiger partial charge in [0, 0.05) is 0 Å². The first-order valence-corrected chi connectivity index (χ1v) is 5.95. The summed E-state index contributed by atoms with van der Waals surface area (Å²) in [6.45, 7) is 11.3. The van der Waals surface area contributed by atoms with Gasteiger partial charge in [-0.3, -0.25) is 9.59 Å². The number of carbonyl (C=O) groups excluding carboxylic acids is 2. The van der Waals surface area contributed by atoms with E-state index in [1.807, 2.05) is 0 Å². The lowest BCUT2D eigenvalue weighted by Crippen LogP contribution is -2.17. The van der Waals surface area contributed by atoms with Crippen LogP contribution in [0.25, 0.3) is 0 Å². The van der Waals surface area contributed by atoms with Gasteiger partial charge in [0.1, 0.15) is 4.83 Å². The molecule has 0 spiro atoms. The summed E-state index contributed by atoms with van der Waals surface area (Å²) in [5.74, 6) is -0.282. The first-order valence-electron chi connectivity index (χ1n) is 5.03. The fraction of sp³-hybridized carbons (Fsp3) is 0.818. The second kappa shape index (κ2) is 15.3. The normalized spacial score (nSPS) is 8.00. The monoisotopic (exact) mass is 266 g/mol. The number of halogens is 1. The van der Waals surface area contributed by atoms with Crippen LogP contribution in [-0.2, 0) is 9.59 Å². The zero-order valence-electron chi connectivity index (χ0n) is 10.2. The molecule has 14 heavy (non-hydrogen) atoms. The number of ketones is 2. The van der Waals surface area contributed by atoms with Crippen LogP contribution in [0.4, 0.5) is 0 Å². The number of carbonyl (C=O) groups is 2. The molecule has 0 saturated heterocycles. The summed E-state index contributed by atoms with van der Waals surface area (Å²) in [6, 6.07) is 0. The number of rotatable bonds is 2. The third kappa shape index (κ3) is 22.6. The molecule has 0 aliphatic carbocycles. The fourth-order valence-corrected chi connectivity index (χ4v) is 0.286. The van der Waals surface area contributed by atoms with Gasteiger partial charge >= 0.3 is 0 Å². The van der Waals surface area contributed by atoms with Crippen molar-refractivity contribution < 1.29 is 9.59 Å². The van der Waals surface area contributed by atoms with Crippen molar-refractivity contribution in [1.29, 1.82) is 0 Å². The van der Waals surface area contributed by atoms with E-state index in [9.17, 15) is 9.59 Å². The Morgan fingerprint density at radius 1 is 0.929 bits per heavy atom. The summed E-state index contributed by atoms with van der Waals surface area (Å²) >= 11 is 2.91. The fourth-order valence-electron chi connectivity index (χ4n) is 0.286. The van der Waals surface area contributed by atoms with Crippen molar-refractivity contribution in [2.75, 3.05) is 0 Å². The van der Waals surface area contributed by atoms with Crippen LogP contribution in [0.3, 0.4) is 0 Å². The highest BCUT2D eigenvalue weighted by Gasteiger charge is 2.13. The van der Waals surface area contributed by atoms with Gasteiger partial charge in [-0.1, -0.05) is 56.5 Å². The predicted octanol–water partition coefficient (Wildman–Crippen LogP) is 3.76. The van der Waals surface area contributed by atoms with E-state index in [1.165, 1.54) is 26.7 Å². The second-order valence-electron chi connectivity index (χ2n) is 3.00. The quantitative estimate of drug-likeness (QED) is 0.564. The van der Waals surface area contributed by atoms with Crippen molar-refractivity contribution in [1.82, 2.24) is 0 Å². The third-order valence-electron chi connectivity index (χ3n) is 0.714. The molecule has 0 aliphatic rings. The lowest BCUT2D eigenvalue weighted by Gasteiger charge is -1.95. The SMILES string of the molecule is CC(=O)C(Br)C(C)=O.CCC.CCC. The summed E-state index contributed by atoms with van der Waals surface area (Å²) in [6.07, 6.45) is 2.50. The molecule has 0 radical (unpaired) electrons. The average Bonchev–Trinajstić information content (AvgIpc) is 2.05. The Labute approximate surface area is 96.6 Å². The molecule has 0 N–H and O–H groups in total. The van der Waals surface area contributed by atoms with Crippen LogP contribution in [-0.4, -0.2) is 16.4 Å². The maximum absolute atomic E-state index is 10.3. The van der Waals surface area contributed by atoms with Gasteiger partial charge in [-0.05, 0) is 13.8 Å². The third-order valence-corrected chi connectivity index (χ3v) is 2.00. The molecule has 0 saturated carbocycles. The molecule has 0 amide bonds. The maximum Gasteiger partial charge on any atom is 0.150 e. The smallest absolute Gasteiger partial charge is 0.150 e. The molecule has 0 aliphatic heterocycles. The van der Waals surface area contributed by atoms with Crippen molar-refractivity contribution >= 4 is 27.5 Å². The summed E-state index contributed by atoms with van der Waals surface area (Å²) in [7, 11) is 0. The van der Waals surface area contributed by atoms with Crippen LogP contribution in [0.1, 0.15) is 54.4 Å². The van der Waals surface area contributed by atoms with E-state index in [-0.39, 0.29) is 11.6 Å². The Morgan fingerprint density at radius 2 is 1.07 bits per heavy atom. The molecular formula is C11H23BrO2. The number of alkyl halides is 1. The Kier molecular flexibility index (Phi) is 21.2. The lowest BCUT2D eigenvalue weighted by atomic mass is 10.2. The summed E-state index contributed by atoms with van der Waals surface area (Å²) in [4.78, 5) is 20.0. The summed E-state index contributed by atoms with van der Waals surface area (Å²) < 4.78 is 0. The van der Waals surface area contributed by atoms with Gasteiger partial charge in [0.25, 0.3) is 0 Å². The zero-order valence-corrected chi connectivity index (χ0v) is 11.8. The van der Waals surface area contributed by atoms with Crippen LogP contribution in [0.2, 0.25) is 0 Å². The van der Waals surface area contributed by atoms with Crippen LogP contribution in [0, 0.1) is 0 Å². The summed E-state index contributed by atoms with van der Waals surface area (Å²) in [5.41, 5.74) is 0. The lowest BCUT2D eigenvalue weighted by molar-refractivity contribution is -0.123. The average molecular weight is 267 g/mol. The van der Waals surface area contributed by atoms with Crippen molar-refractivity contribution in [2.45, 2.75) is 59.2 Å². The molecular weight excluding hydrogens is 244 g/mol. The topological polar surface area (TPSA) is 34.1 Å². The van der Waals surface area contributed by atoms with Crippen molar-refractivity contribution in [2.24, 2.45) is 0 Å². The first-order chi connectivity index (χ1) is 6.38. The van der Waals surface area contributed by atoms with E-state index in [1.54, 1.807) is 0 Å². The van der Waals surface area contributed by atoms with Crippen molar-refractivity contribution in [3.63, 3.8) is 0 Å². The highest BCUT2D eigenvalue weighted by molar-refractivity contribution is 9.10. The second-order valence-corrected chi connectivity index (χ2v) is 3.91. The molecule has 0 rings (SSSR count). The number of hydrogen-bond donors (Lipinski definition) is 0. The first kappa shape index (κ1) is 19.4. The molecule has 0 aromatic heterocycles. The van der Waals surface area contributed by atoms with E-state index in [0.717, 1.165) is 0 Å². The van der Waals surface area contributed by atoms with E-state index >= 15 is 0 Å². The van der Waals surface area contributed by atoms with E-state index < -0.39 is 4.83 Å². The molecule has 3 heteroatoms. The van der Waals surface area contributed by atoms with Crippen molar-refractivity contribution in [3.8, 4) is 0 Å². The highest BCUT2D eigenvalue weighted by Crippen LogP contribution is 2.00. The van der Waals surface area contributed by atoms with Crippen LogP contribution in [0.5, 0.6) is 0 Å². The van der Waals surface area contributed by atoms with Crippen molar-refractivity contribution in [3.05, 3.63) is 0 Å². The van der Waals surface area contributed by atoms with Gasteiger partial charge in [0.05, 0.1) is 0 Å². The van der Waals surface area contributed by atoms with Gasteiger partial charge < -0.3 is 0 Å². The van der Waals surface area contributed by atoms with Crippen LogP contribution >= 0.6 is 15.9 Å². The Morgan fingerprint density at radius 3 is 1.07 bits per heavy atom. The molecule has 2 nitrogen and oxygen atoms in total. The largest absolute Gasteiger partial charge is 0.298 e. The van der Waals surface area contributed by atoms with Crippen LogP contribution < -0.4 is 0 Å². The highest BCUT2D eigenvalue weighted by atomic mass is 79.9. The minimum atomic E-state index is -0.595. The molecule has 0 unspecified atom stereocenters. The molecule has 0 bridgehead atoms. The van der Waals surface area contributed by atoms with Gasteiger partial charge in [-0.25, -0.2) is 0 Å². The Bertz CT molecular complexity index is 128. The van der Waals surface area contributed by atoms with Gasteiger partial charge in [0.15, 0.2) is 11.6 Å². The molecule has 86 valence electrons. The van der Waals surface area contributed by atoms with Gasteiger partial charge in [0.2, 0.25) is 0 Å². The summed E-state index contributed by atoms with van der Waals surface area (Å²) in [5, 5.41) is 0. The number of Topliss-reactive ketones (excluding diaryl/α,β-unsaturated/α-hetero) is 2. The Balaban J connectivity index is -0.000000168. The standard InChI is InChI=1S/C5H7BrO2.2C3H8/c1-3(7)5(6)4(2)8;2*1-3-2/h5H,1-2H3;2*3H2,1-2H3. The minimum absolute atomic E-state index is 0.141. The maximum atomic E-state index is 10.3. The minimum Gasteiger partial charge on any atom is -0.298 e.